The lowest BCUT2D eigenvalue weighted by Gasteiger charge is -2.47. The number of amides is 1. The van der Waals surface area contributed by atoms with E-state index >= 15 is 0 Å². The predicted octanol–water partition coefficient (Wildman–Crippen LogP) is 3.35. The number of benzene rings is 1. The summed E-state index contributed by atoms with van der Waals surface area (Å²) in [6, 6.07) is 9.07. The number of carbonyl (C=O) groups excluding carboxylic acids is 2. The summed E-state index contributed by atoms with van der Waals surface area (Å²) in [7, 11) is 0. The summed E-state index contributed by atoms with van der Waals surface area (Å²) in [6.45, 7) is 6.41. The van der Waals surface area contributed by atoms with Crippen molar-refractivity contribution in [2.24, 2.45) is 5.92 Å². The number of carbonyl (C=O) groups is 2. The number of hydrogen-bond acceptors (Lipinski definition) is 5. The summed E-state index contributed by atoms with van der Waals surface area (Å²) < 4.78 is 11.2. The third kappa shape index (κ3) is 4.48. The summed E-state index contributed by atoms with van der Waals surface area (Å²) in [4.78, 5) is 27.3. The normalized spacial score (nSPS) is 24.8. The molecular formula is C21H26N2O4. The van der Waals surface area contributed by atoms with E-state index in [0.717, 1.165) is 5.56 Å². The number of nitrogens with zero attached hydrogens (tertiary/aromatic N) is 2. The Morgan fingerprint density at radius 2 is 1.78 bits per heavy atom. The van der Waals surface area contributed by atoms with Gasteiger partial charge in [-0.25, -0.2) is 4.79 Å². The van der Waals surface area contributed by atoms with Crippen LogP contribution in [0.1, 0.15) is 49.5 Å². The van der Waals surface area contributed by atoms with E-state index in [-0.39, 0.29) is 29.9 Å². The van der Waals surface area contributed by atoms with E-state index in [1.54, 1.807) is 17.0 Å². The van der Waals surface area contributed by atoms with Crippen LogP contribution in [-0.2, 0) is 15.9 Å². The largest absolute Gasteiger partial charge is 0.444 e. The van der Waals surface area contributed by atoms with Crippen LogP contribution in [0.25, 0.3) is 0 Å². The van der Waals surface area contributed by atoms with Crippen molar-refractivity contribution in [2.45, 2.75) is 57.7 Å². The van der Waals surface area contributed by atoms with Crippen LogP contribution >= 0.6 is 0 Å². The van der Waals surface area contributed by atoms with Crippen molar-refractivity contribution in [1.29, 1.82) is 5.26 Å². The second kappa shape index (κ2) is 7.69. The van der Waals surface area contributed by atoms with Crippen molar-refractivity contribution in [3.8, 4) is 6.07 Å². The van der Waals surface area contributed by atoms with Crippen LogP contribution in [0.4, 0.5) is 4.79 Å². The van der Waals surface area contributed by atoms with Gasteiger partial charge in [-0.3, -0.25) is 9.69 Å². The molecule has 144 valence electrons. The van der Waals surface area contributed by atoms with Crippen LogP contribution in [0.15, 0.2) is 24.3 Å². The Hall–Kier alpha value is -2.39. The van der Waals surface area contributed by atoms with E-state index in [0.29, 0.717) is 38.0 Å². The van der Waals surface area contributed by atoms with Gasteiger partial charge in [-0.05, 0) is 39.2 Å². The molecule has 0 aromatic heterocycles. The summed E-state index contributed by atoms with van der Waals surface area (Å²) in [6.07, 6.45) is 1.17. The molecule has 1 aromatic rings. The van der Waals surface area contributed by atoms with E-state index in [4.69, 9.17) is 14.7 Å². The van der Waals surface area contributed by atoms with Gasteiger partial charge in [-0.2, -0.15) is 5.26 Å². The second-order valence-corrected chi connectivity index (χ2v) is 8.30. The third-order valence-electron chi connectivity index (χ3n) is 5.02. The van der Waals surface area contributed by atoms with Crippen LogP contribution in [0.5, 0.6) is 0 Å². The van der Waals surface area contributed by atoms with Gasteiger partial charge < -0.3 is 9.47 Å². The maximum absolute atomic E-state index is 13.0. The van der Waals surface area contributed by atoms with Gasteiger partial charge in [-0.15, -0.1) is 0 Å². The van der Waals surface area contributed by atoms with Gasteiger partial charge in [0.15, 0.2) is 5.78 Å². The molecule has 27 heavy (non-hydrogen) atoms. The Labute approximate surface area is 160 Å². The van der Waals surface area contributed by atoms with Crippen molar-refractivity contribution in [2.75, 3.05) is 13.2 Å². The number of ketones is 1. The smallest absolute Gasteiger partial charge is 0.410 e. The summed E-state index contributed by atoms with van der Waals surface area (Å²) >= 11 is 0. The predicted molar refractivity (Wildman–Crippen MR) is 99.3 cm³/mol. The number of morpholine rings is 1. The SMILES string of the molecule is CC(C)(C)OC(=O)N1C2COCC1CC(C(=O)c1ccc(CC#N)cc1)C2. The molecule has 1 amide bonds. The van der Waals surface area contributed by atoms with Gasteiger partial charge in [0.25, 0.3) is 0 Å². The molecule has 0 aliphatic carbocycles. The van der Waals surface area contributed by atoms with Gasteiger partial charge in [0.1, 0.15) is 5.60 Å². The molecule has 1 aromatic carbocycles. The first-order valence-corrected chi connectivity index (χ1v) is 9.37. The minimum Gasteiger partial charge on any atom is -0.444 e. The van der Waals surface area contributed by atoms with E-state index in [9.17, 15) is 9.59 Å². The first-order valence-electron chi connectivity index (χ1n) is 9.37. The molecule has 0 spiro atoms. The first kappa shape index (κ1) is 19.4. The lowest BCUT2D eigenvalue weighted by molar-refractivity contribution is -0.0861. The van der Waals surface area contributed by atoms with Crippen molar-refractivity contribution < 1.29 is 19.1 Å². The molecule has 6 nitrogen and oxygen atoms in total. The molecule has 0 N–H and O–H groups in total. The summed E-state index contributed by atoms with van der Waals surface area (Å²) in [5.41, 5.74) is 1.01. The van der Waals surface area contributed by atoms with Crippen molar-refractivity contribution >= 4 is 11.9 Å². The molecule has 2 fully saturated rings. The average Bonchev–Trinajstić information content (AvgIpc) is 2.59. The number of nitriles is 1. The molecule has 0 saturated carbocycles. The maximum atomic E-state index is 13.0. The van der Waals surface area contributed by atoms with Crippen LogP contribution in [0.3, 0.4) is 0 Å². The molecular weight excluding hydrogens is 344 g/mol. The molecule has 2 aliphatic rings. The zero-order valence-corrected chi connectivity index (χ0v) is 16.1. The van der Waals surface area contributed by atoms with Gasteiger partial charge in [0.05, 0.1) is 37.8 Å². The highest BCUT2D eigenvalue weighted by molar-refractivity contribution is 5.98. The van der Waals surface area contributed by atoms with E-state index in [1.165, 1.54) is 0 Å². The van der Waals surface area contributed by atoms with Crippen LogP contribution in [0.2, 0.25) is 0 Å². The molecule has 2 aliphatic heterocycles. The Bertz CT molecular complexity index is 731. The zero-order chi connectivity index (χ0) is 19.6. The first-order chi connectivity index (χ1) is 12.8. The highest BCUT2D eigenvalue weighted by atomic mass is 16.6. The molecule has 2 bridgehead atoms. The number of fused-ring (bicyclic) bond motifs is 2. The van der Waals surface area contributed by atoms with Gasteiger partial charge in [0, 0.05) is 11.5 Å². The fraction of sp³-hybridized carbons (Fsp3) is 0.571. The highest BCUT2D eigenvalue weighted by Gasteiger charge is 2.45. The lowest BCUT2D eigenvalue weighted by atomic mass is 9.80. The van der Waals surface area contributed by atoms with E-state index < -0.39 is 5.60 Å². The number of piperidine rings is 1. The Morgan fingerprint density at radius 3 is 2.30 bits per heavy atom. The van der Waals surface area contributed by atoms with Crippen LogP contribution < -0.4 is 0 Å². The molecule has 3 rings (SSSR count). The van der Waals surface area contributed by atoms with Crippen molar-refractivity contribution in [3.05, 3.63) is 35.4 Å². The van der Waals surface area contributed by atoms with Crippen molar-refractivity contribution in [3.63, 3.8) is 0 Å². The summed E-state index contributed by atoms with van der Waals surface area (Å²) in [5, 5.41) is 8.76. The van der Waals surface area contributed by atoms with E-state index in [1.807, 2.05) is 32.9 Å². The minimum atomic E-state index is -0.552. The Kier molecular flexibility index (Phi) is 5.52. The van der Waals surface area contributed by atoms with Gasteiger partial charge in [-0.1, -0.05) is 24.3 Å². The lowest BCUT2D eigenvalue weighted by Crippen LogP contribution is -2.60. The van der Waals surface area contributed by atoms with E-state index in [2.05, 4.69) is 6.07 Å². The monoisotopic (exact) mass is 370 g/mol. The van der Waals surface area contributed by atoms with Crippen LogP contribution in [-0.4, -0.2) is 47.7 Å². The van der Waals surface area contributed by atoms with Crippen LogP contribution in [0, 0.1) is 17.2 Å². The fourth-order valence-electron chi connectivity index (χ4n) is 3.86. The number of Topliss-reactive ketones (excluding diaryl/α,β-unsaturated/α-hetero) is 1. The Morgan fingerprint density at radius 1 is 1.19 bits per heavy atom. The quantitative estimate of drug-likeness (QED) is 0.762. The molecule has 2 unspecified atom stereocenters. The standard InChI is InChI=1S/C21H26N2O4/c1-21(2,3)27-20(25)23-17-10-16(11-18(23)13-26-12-17)19(24)15-6-4-14(5-7-15)8-9-22/h4-7,16-18H,8,10-13H2,1-3H3. The Balaban J connectivity index is 1.71. The fourth-order valence-corrected chi connectivity index (χ4v) is 3.86. The van der Waals surface area contributed by atoms with Crippen molar-refractivity contribution in [1.82, 2.24) is 4.90 Å². The number of hydrogen-bond donors (Lipinski definition) is 0. The molecule has 2 atom stereocenters. The molecule has 0 radical (unpaired) electrons. The molecule has 2 saturated heterocycles. The minimum absolute atomic E-state index is 0.0965. The average molecular weight is 370 g/mol. The zero-order valence-electron chi connectivity index (χ0n) is 16.1. The summed E-state index contributed by atoms with van der Waals surface area (Å²) in [5.74, 6) is -0.0383. The van der Waals surface area contributed by atoms with Gasteiger partial charge in [0.2, 0.25) is 0 Å². The number of ether oxygens (including phenoxy) is 2. The third-order valence-corrected chi connectivity index (χ3v) is 5.02. The van der Waals surface area contributed by atoms with Gasteiger partial charge >= 0.3 is 6.09 Å². The maximum Gasteiger partial charge on any atom is 0.410 e. The topological polar surface area (TPSA) is 79.6 Å². The molecule has 2 heterocycles. The number of rotatable bonds is 3. The highest BCUT2D eigenvalue weighted by Crippen LogP contribution is 2.34. The second-order valence-electron chi connectivity index (χ2n) is 8.30. The molecule has 6 heteroatoms.